The van der Waals surface area contributed by atoms with Crippen molar-refractivity contribution in [2.75, 3.05) is 24.5 Å². The summed E-state index contributed by atoms with van der Waals surface area (Å²) in [7, 11) is 0. The molecule has 2 saturated heterocycles. The van der Waals surface area contributed by atoms with Crippen molar-refractivity contribution < 1.29 is 13.2 Å². The fourth-order valence-electron chi connectivity index (χ4n) is 3.12. The predicted octanol–water partition coefficient (Wildman–Crippen LogP) is 2.89. The van der Waals surface area contributed by atoms with Gasteiger partial charge in [-0.15, -0.1) is 0 Å². The molecule has 104 valence electrons. The average molecular weight is 270 g/mol. The molecular weight excluding hydrogens is 253 g/mol. The number of fused-ring (bicyclic) bond motifs is 1. The number of rotatable bonds is 1. The molecule has 1 N–H and O–H groups in total. The second kappa shape index (κ2) is 4.71. The van der Waals surface area contributed by atoms with Gasteiger partial charge in [0.15, 0.2) is 0 Å². The van der Waals surface area contributed by atoms with Crippen LogP contribution in [0.25, 0.3) is 0 Å². The van der Waals surface area contributed by atoms with Crippen LogP contribution in [0, 0.1) is 5.92 Å². The molecule has 2 aliphatic heterocycles. The summed E-state index contributed by atoms with van der Waals surface area (Å²) in [5.74, 6) is 0.635. The molecule has 0 aromatic heterocycles. The Morgan fingerprint density at radius 1 is 1.11 bits per heavy atom. The maximum Gasteiger partial charge on any atom is 0.416 e. The Hall–Kier alpha value is -1.23. The minimum Gasteiger partial charge on any atom is -0.370 e. The van der Waals surface area contributed by atoms with Crippen LogP contribution >= 0.6 is 0 Å². The van der Waals surface area contributed by atoms with E-state index in [0.29, 0.717) is 12.0 Å². The van der Waals surface area contributed by atoms with Crippen molar-refractivity contribution in [2.24, 2.45) is 5.92 Å². The lowest BCUT2D eigenvalue weighted by Crippen LogP contribution is -2.40. The minimum absolute atomic E-state index is 0.496. The van der Waals surface area contributed by atoms with Crippen LogP contribution in [0.15, 0.2) is 24.3 Å². The normalized spacial score (nSPS) is 27.4. The number of hydrogen-bond donors (Lipinski definition) is 1. The van der Waals surface area contributed by atoms with Crippen molar-refractivity contribution in [3.05, 3.63) is 29.8 Å². The standard InChI is InChI=1S/C14H17F3N2/c15-14(16,17)11-3-5-12(6-4-11)19-8-10-2-1-7-18-13(10)9-19/h3-6,10,13,18H,1-2,7-9H2/t10-,13+/m0/s1. The number of alkyl halides is 3. The number of anilines is 1. The van der Waals surface area contributed by atoms with Crippen LogP contribution in [0.2, 0.25) is 0 Å². The molecule has 5 heteroatoms. The highest BCUT2D eigenvalue weighted by Gasteiger charge is 2.35. The Bertz CT molecular complexity index is 427. The van der Waals surface area contributed by atoms with E-state index < -0.39 is 11.7 Å². The SMILES string of the molecule is FC(F)(F)c1ccc(N2C[C@@H]3CCCN[C@@H]3C2)cc1. The van der Waals surface area contributed by atoms with Gasteiger partial charge in [-0.25, -0.2) is 0 Å². The molecule has 2 aliphatic rings. The first-order valence-electron chi connectivity index (χ1n) is 6.69. The molecule has 0 amide bonds. The summed E-state index contributed by atoms with van der Waals surface area (Å²) in [4.78, 5) is 2.19. The van der Waals surface area contributed by atoms with Crippen LogP contribution in [-0.2, 0) is 6.18 Å². The molecule has 2 nitrogen and oxygen atoms in total. The van der Waals surface area contributed by atoms with Crippen LogP contribution in [-0.4, -0.2) is 25.7 Å². The Morgan fingerprint density at radius 3 is 2.47 bits per heavy atom. The molecular formula is C14H17F3N2. The lowest BCUT2D eigenvalue weighted by molar-refractivity contribution is -0.137. The third kappa shape index (κ3) is 2.56. The summed E-state index contributed by atoms with van der Waals surface area (Å²) >= 11 is 0. The van der Waals surface area contributed by atoms with Gasteiger partial charge in [-0.1, -0.05) is 0 Å². The monoisotopic (exact) mass is 270 g/mol. The lowest BCUT2D eigenvalue weighted by atomic mass is 9.94. The second-order valence-corrected chi connectivity index (χ2v) is 5.41. The zero-order chi connectivity index (χ0) is 13.5. The van der Waals surface area contributed by atoms with Crippen LogP contribution in [0.4, 0.5) is 18.9 Å². The van der Waals surface area contributed by atoms with Crippen LogP contribution in [0.5, 0.6) is 0 Å². The maximum atomic E-state index is 12.5. The molecule has 0 spiro atoms. The minimum atomic E-state index is -4.25. The molecule has 1 aromatic carbocycles. The van der Waals surface area contributed by atoms with Gasteiger partial charge in [0.1, 0.15) is 0 Å². The third-order valence-corrected chi connectivity index (χ3v) is 4.16. The number of hydrogen-bond acceptors (Lipinski definition) is 2. The first-order valence-corrected chi connectivity index (χ1v) is 6.69. The van der Waals surface area contributed by atoms with Crippen molar-refractivity contribution >= 4 is 5.69 Å². The fourth-order valence-corrected chi connectivity index (χ4v) is 3.12. The summed E-state index contributed by atoms with van der Waals surface area (Å²) in [5.41, 5.74) is 0.315. The maximum absolute atomic E-state index is 12.5. The first kappa shape index (κ1) is 12.8. The van der Waals surface area contributed by atoms with Crippen LogP contribution < -0.4 is 10.2 Å². The molecule has 0 radical (unpaired) electrons. The van der Waals surface area contributed by atoms with Crippen molar-refractivity contribution in [1.82, 2.24) is 5.32 Å². The zero-order valence-electron chi connectivity index (χ0n) is 10.6. The second-order valence-electron chi connectivity index (χ2n) is 5.41. The highest BCUT2D eigenvalue weighted by atomic mass is 19.4. The highest BCUT2D eigenvalue weighted by molar-refractivity contribution is 5.49. The molecule has 0 unspecified atom stereocenters. The van der Waals surface area contributed by atoms with E-state index in [2.05, 4.69) is 10.2 Å². The molecule has 0 bridgehead atoms. The van der Waals surface area contributed by atoms with Gasteiger partial charge in [0.05, 0.1) is 5.56 Å². The molecule has 2 heterocycles. The van der Waals surface area contributed by atoms with E-state index in [1.165, 1.54) is 25.0 Å². The number of nitrogens with zero attached hydrogens (tertiary/aromatic N) is 1. The Kier molecular flexibility index (Phi) is 3.17. The third-order valence-electron chi connectivity index (χ3n) is 4.16. The lowest BCUT2D eigenvalue weighted by Gasteiger charge is -2.24. The van der Waals surface area contributed by atoms with Gasteiger partial charge in [-0.05, 0) is 49.6 Å². The topological polar surface area (TPSA) is 15.3 Å². The molecule has 1 aromatic rings. The average Bonchev–Trinajstić information content (AvgIpc) is 2.81. The number of halogens is 3. The van der Waals surface area contributed by atoms with E-state index in [1.54, 1.807) is 12.1 Å². The Morgan fingerprint density at radius 2 is 1.84 bits per heavy atom. The Balaban J connectivity index is 1.73. The highest BCUT2D eigenvalue weighted by Crippen LogP contribution is 2.33. The molecule has 2 fully saturated rings. The summed E-state index contributed by atoms with van der Waals surface area (Å²) in [5, 5.41) is 3.49. The van der Waals surface area contributed by atoms with Gasteiger partial charge in [-0.3, -0.25) is 0 Å². The van der Waals surface area contributed by atoms with E-state index >= 15 is 0 Å². The van der Waals surface area contributed by atoms with Crippen molar-refractivity contribution in [2.45, 2.75) is 25.1 Å². The van der Waals surface area contributed by atoms with E-state index in [9.17, 15) is 13.2 Å². The molecule has 2 atom stereocenters. The summed E-state index contributed by atoms with van der Waals surface area (Å²) in [6.07, 6.45) is -1.84. The van der Waals surface area contributed by atoms with Gasteiger partial charge in [0, 0.05) is 24.8 Å². The number of nitrogens with one attached hydrogen (secondary N) is 1. The van der Waals surface area contributed by atoms with E-state index in [0.717, 1.165) is 25.3 Å². The summed E-state index contributed by atoms with van der Waals surface area (Å²) < 4.78 is 37.5. The van der Waals surface area contributed by atoms with Crippen molar-refractivity contribution in [1.29, 1.82) is 0 Å². The van der Waals surface area contributed by atoms with Gasteiger partial charge < -0.3 is 10.2 Å². The van der Waals surface area contributed by atoms with E-state index in [1.807, 2.05) is 0 Å². The van der Waals surface area contributed by atoms with E-state index in [-0.39, 0.29) is 0 Å². The van der Waals surface area contributed by atoms with Gasteiger partial charge in [0.2, 0.25) is 0 Å². The van der Waals surface area contributed by atoms with Crippen LogP contribution in [0.1, 0.15) is 18.4 Å². The number of benzene rings is 1. The Labute approximate surface area is 110 Å². The summed E-state index contributed by atoms with van der Waals surface area (Å²) in [6.45, 7) is 2.90. The zero-order valence-corrected chi connectivity index (χ0v) is 10.6. The summed E-state index contributed by atoms with van der Waals surface area (Å²) in [6, 6.07) is 6.01. The fraction of sp³-hybridized carbons (Fsp3) is 0.571. The number of piperidine rings is 1. The molecule has 0 aliphatic carbocycles. The predicted molar refractivity (Wildman–Crippen MR) is 68.2 cm³/mol. The first-order chi connectivity index (χ1) is 9.04. The molecule has 3 rings (SSSR count). The molecule has 19 heavy (non-hydrogen) atoms. The quantitative estimate of drug-likeness (QED) is 0.844. The van der Waals surface area contributed by atoms with Gasteiger partial charge in [0.25, 0.3) is 0 Å². The van der Waals surface area contributed by atoms with Crippen LogP contribution in [0.3, 0.4) is 0 Å². The van der Waals surface area contributed by atoms with Crippen molar-refractivity contribution in [3.63, 3.8) is 0 Å². The van der Waals surface area contributed by atoms with Gasteiger partial charge in [-0.2, -0.15) is 13.2 Å². The largest absolute Gasteiger partial charge is 0.416 e. The van der Waals surface area contributed by atoms with Crippen molar-refractivity contribution in [3.8, 4) is 0 Å². The molecule has 0 saturated carbocycles. The smallest absolute Gasteiger partial charge is 0.370 e. The van der Waals surface area contributed by atoms with E-state index in [4.69, 9.17) is 0 Å². The van der Waals surface area contributed by atoms with Gasteiger partial charge >= 0.3 is 6.18 Å².